The van der Waals surface area contributed by atoms with Crippen LogP contribution >= 0.6 is 0 Å². The molecule has 6 nitrogen and oxygen atoms in total. The fourth-order valence-corrected chi connectivity index (χ4v) is 3.07. The molecular weight excluding hydrogens is 338 g/mol. The Balaban J connectivity index is 1.53. The molecule has 1 aromatic carbocycles. The van der Waals surface area contributed by atoms with Crippen molar-refractivity contribution >= 4 is 17.6 Å². The van der Waals surface area contributed by atoms with Crippen LogP contribution in [0.25, 0.3) is 0 Å². The van der Waals surface area contributed by atoms with Crippen LogP contribution in [0.1, 0.15) is 31.0 Å². The monoisotopic (exact) mass is 365 g/mol. The van der Waals surface area contributed by atoms with Gasteiger partial charge in [0.25, 0.3) is 0 Å². The highest BCUT2D eigenvalue weighted by Gasteiger charge is 2.21. The first-order valence-electron chi connectivity index (χ1n) is 9.57. The Bertz CT molecular complexity index is 758. The zero-order valence-electron chi connectivity index (χ0n) is 15.8. The Hall–Kier alpha value is -2.89. The van der Waals surface area contributed by atoms with Crippen LogP contribution in [-0.2, 0) is 17.8 Å². The van der Waals surface area contributed by atoms with Crippen molar-refractivity contribution in [3.05, 3.63) is 59.9 Å². The molecule has 0 bridgehead atoms. The summed E-state index contributed by atoms with van der Waals surface area (Å²) in [6, 6.07) is 14.1. The van der Waals surface area contributed by atoms with Crippen LogP contribution in [0.5, 0.6) is 0 Å². The molecule has 3 rings (SSSR count). The van der Waals surface area contributed by atoms with E-state index >= 15 is 0 Å². The number of carbonyl (C=O) groups excluding carboxylic acids is 1. The summed E-state index contributed by atoms with van der Waals surface area (Å²) in [5, 5.41) is 6.61. The molecule has 0 spiro atoms. The van der Waals surface area contributed by atoms with Gasteiger partial charge in [0.05, 0.1) is 6.54 Å². The molecule has 0 atom stereocenters. The topological polar surface area (TPSA) is 69.6 Å². The highest BCUT2D eigenvalue weighted by molar-refractivity contribution is 5.95. The van der Waals surface area contributed by atoms with E-state index in [-0.39, 0.29) is 5.91 Å². The molecule has 1 saturated heterocycles. The number of rotatable bonds is 7. The Morgan fingerprint density at radius 2 is 2.04 bits per heavy atom. The summed E-state index contributed by atoms with van der Waals surface area (Å²) in [4.78, 5) is 22.7. The van der Waals surface area contributed by atoms with Crippen LogP contribution < -0.4 is 15.5 Å². The molecule has 0 aliphatic carbocycles. The van der Waals surface area contributed by atoms with Crippen molar-refractivity contribution in [2.24, 2.45) is 4.99 Å². The molecule has 1 fully saturated rings. The average molecular weight is 365 g/mol. The first-order valence-corrected chi connectivity index (χ1v) is 9.57. The van der Waals surface area contributed by atoms with Gasteiger partial charge in [0.1, 0.15) is 0 Å². The first-order chi connectivity index (χ1) is 13.3. The molecule has 2 heterocycles. The van der Waals surface area contributed by atoms with Crippen molar-refractivity contribution in [2.75, 3.05) is 24.5 Å². The first kappa shape index (κ1) is 18.9. The molecule has 0 saturated carbocycles. The fourth-order valence-electron chi connectivity index (χ4n) is 3.07. The zero-order valence-corrected chi connectivity index (χ0v) is 15.8. The van der Waals surface area contributed by atoms with Crippen LogP contribution in [0.3, 0.4) is 0 Å². The van der Waals surface area contributed by atoms with Gasteiger partial charge in [-0.05, 0) is 43.2 Å². The van der Waals surface area contributed by atoms with Crippen LogP contribution in [-0.4, -0.2) is 36.5 Å². The van der Waals surface area contributed by atoms with Crippen LogP contribution in [0, 0.1) is 0 Å². The van der Waals surface area contributed by atoms with Crippen LogP contribution in [0.2, 0.25) is 0 Å². The van der Waals surface area contributed by atoms with Crippen molar-refractivity contribution in [1.29, 1.82) is 0 Å². The maximum absolute atomic E-state index is 11.8. The molecule has 0 radical (unpaired) electrons. The molecule has 0 unspecified atom stereocenters. The van der Waals surface area contributed by atoms with Crippen molar-refractivity contribution in [1.82, 2.24) is 15.6 Å². The van der Waals surface area contributed by atoms with Crippen LogP contribution in [0.4, 0.5) is 5.69 Å². The number of aromatic nitrogens is 1. The molecule has 2 aromatic rings. The molecule has 1 aliphatic heterocycles. The van der Waals surface area contributed by atoms with Crippen LogP contribution in [0.15, 0.2) is 53.7 Å². The minimum Gasteiger partial charge on any atom is -0.357 e. The minimum atomic E-state index is 0.215. The summed E-state index contributed by atoms with van der Waals surface area (Å²) >= 11 is 0. The van der Waals surface area contributed by atoms with Gasteiger partial charge in [0.15, 0.2) is 5.96 Å². The summed E-state index contributed by atoms with van der Waals surface area (Å²) in [7, 11) is 0. The van der Waals surface area contributed by atoms with Gasteiger partial charge in [-0.25, -0.2) is 4.99 Å². The predicted octanol–water partition coefficient (Wildman–Crippen LogP) is 2.51. The predicted molar refractivity (Wildman–Crippen MR) is 109 cm³/mol. The van der Waals surface area contributed by atoms with Gasteiger partial charge in [0, 0.05) is 50.1 Å². The molecule has 1 aromatic heterocycles. The summed E-state index contributed by atoms with van der Waals surface area (Å²) < 4.78 is 0. The molecule has 142 valence electrons. The highest BCUT2D eigenvalue weighted by Crippen LogP contribution is 2.21. The quantitative estimate of drug-likeness (QED) is 0.584. The second kappa shape index (κ2) is 9.71. The van der Waals surface area contributed by atoms with E-state index in [1.54, 1.807) is 0 Å². The van der Waals surface area contributed by atoms with Gasteiger partial charge in [-0.3, -0.25) is 9.78 Å². The third kappa shape index (κ3) is 5.54. The third-order valence-corrected chi connectivity index (χ3v) is 4.49. The number of nitrogens with one attached hydrogen (secondary N) is 2. The summed E-state index contributed by atoms with van der Waals surface area (Å²) in [5.41, 5.74) is 3.16. The van der Waals surface area contributed by atoms with Gasteiger partial charge < -0.3 is 15.5 Å². The number of amides is 1. The third-order valence-electron chi connectivity index (χ3n) is 4.49. The lowest BCUT2D eigenvalue weighted by atomic mass is 10.2. The smallest absolute Gasteiger partial charge is 0.227 e. The van der Waals surface area contributed by atoms with Gasteiger partial charge in [-0.15, -0.1) is 0 Å². The second-order valence-electron chi connectivity index (χ2n) is 6.51. The number of hydrogen-bond donors (Lipinski definition) is 2. The number of anilines is 1. The second-order valence-corrected chi connectivity index (χ2v) is 6.51. The van der Waals surface area contributed by atoms with Gasteiger partial charge in [-0.1, -0.05) is 18.2 Å². The standard InChI is InChI=1S/C21H27N5O/c1-2-22-21(24-14-12-18-6-3-4-13-23-18)25-16-17-8-10-19(11-9-17)26-15-5-7-20(26)27/h3-4,6,8-11,13H,2,5,7,12,14-16H2,1H3,(H2,22,24,25). The van der Waals surface area contributed by atoms with E-state index in [9.17, 15) is 4.79 Å². The zero-order chi connectivity index (χ0) is 18.9. The number of guanidine groups is 1. The Kier molecular flexibility index (Phi) is 6.79. The van der Waals surface area contributed by atoms with Gasteiger partial charge in [0.2, 0.25) is 5.91 Å². The minimum absolute atomic E-state index is 0.215. The Morgan fingerprint density at radius 3 is 2.70 bits per heavy atom. The van der Waals surface area contributed by atoms with Gasteiger partial charge >= 0.3 is 0 Å². The maximum Gasteiger partial charge on any atom is 0.227 e. The molecule has 1 amide bonds. The highest BCUT2D eigenvalue weighted by atomic mass is 16.2. The van der Waals surface area contributed by atoms with E-state index in [2.05, 4.69) is 27.5 Å². The Morgan fingerprint density at radius 1 is 1.19 bits per heavy atom. The molecule has 1 aliphatic rings. The number of benzene rings is 1. The van der Waals surface area contributed by atoms with Crippen molar-refractivity contribution in [3.63, 3.8) is 0 Å². The van der Waals surface area contributed by atoms with Crippen molar-refractivity contribution < 1.29 is 4.79 Å². The molecule has 27 heavy (non-hydrogen) atoms. The largest absolute Gasteiger partial charge is 0.357 e. The van der Waals surface area contributed by atoms with E-state index in [4.69, 9.17) is 0 Å². The van der Waals surface area contributed by atoms with Crippen molar-refractivity contribution in [2.45, 2.75) is 32.7 Å². The fraction of sp³-hybridized carbons (Fsp3) is 0.381. The number of pyridine rings is 1. The van der Waals surface area contributed by atoms with E-state index in [1.807, 2.05) is 53.6 Å². The summed E-state index contributed by atoms with van der Waals surface area (Å²) in [6.45, 7) is 5.05. The lowest BCUT2D eigenvalue weighted by Crippen LogP contribution is -2.38. The molecule has 6 heteroatoms. The van der Waals surface area contributed by atoms with E-state index in [0.29, 0.717) is 13.0 Å². The van der Waals surface area contributed by atoms with E-state index in [1.165, 1.54) is 0 Å². The Labute approximate surface area is 160 Å². The van der Waals surface area contributed by atoms with E-state index in [0.717, 1.165) is 55.4 Å². The molecular formula is C21H27N5O. The average Bonchev–Trinajstić information content (AvgIpc) is 3.13. The van der Waals surface area contributed by atoms with E-state index < -0.39 is 0 Å². The number of hydrogen-bond acceptors (Lipinski definition) is 3. The van der Waals surface area contributed by atoms with Crippen molar-refractivity contribution in [3.8, 4) is 0 Å². The normalized spacial score (nSPS) is 14.5. The number of aliphatic imine (C=N–C) groups is 1. The number of carbonyl (C=O) groups is 1. The van der Waals surface area contributed by atoms with Gasteiger partial charge in [-0.2, -0.15) is 0 Å². The maximum atomic E-state index is 11.8. The SMILES string of the molecule is CCNC(=NCc1ccc(N2CCCC2=O)cc1)NCCc1ccccn1. The molecule has 2 N–H and O–H groups in total. The lowest BCUT2D eigenvalue weighted by Gasteiger charge is -2.16. The summed E-state index contributed by atoms with van der Waals surface area (Å²) in [5.74, 6) is 1.01. The number of nitrogens with zero attached hydrogens (tertiary/aromatic N) is 3. The summed E-state index contributed by atoms with van der Waals surface area (Å²) in [6.07, 6.45) is 4.27. The lowest BCUT2D eigenvalue weighted by molar-refractivity contribution is -0.117.